The number of carboxylic acid groups (broad SMARTS) is 1. The number of hydrazone groups is 1. The first-order valence-electron chi connectivity index (χ1n) is 10.3. The summed E-state index contributed by atoms with van der Waals surface area (Å²) in [6.07, 6.45) is 1.38. The summed E-state index contributed by atoms with van der Waals surface area (Å²) in [6.45, 7) is 2.93. The van der Waals surface area contributed by atoms with Gasteiger partial charge in [0, 0.05) is 31.7 Å². The summed E-state index contributed by atoms with van der Waals surface area (Å²) in [5.41, 5.74) is 3.94. The second-order valence-electron chi connectivity index (χ2n) is 7.51. The molecule has 176 valence electrons. The molecule has 0 spiro atoms. The second-order valence-corrected chi connectivity index (χ2v) is 9.44. The third kappa shape index (κ3) is 6.85. The van der Waals surface area contributed by atoms with Gasteiger partial charge < -0.3 is 9.84 Å². The number of carbonyl (C=O) groups excluding carboxylic acids is 1. The standard InChI is InChI=1S/C22H26N4O6S/c1-17-6-8-19(9-7-17)33(30,31)26-12-10-25(11-13-26)15-21(27)24-23-14-18-4-2-3-5-20(18)32-16-22(28)29/h2-9,14H,10-13,15-16H2,1H3,(H,24,27)(H,28,29)/b23-14-. The van der Waals surface area contributed by atoms with Gasteiger partial charge in [-0.1, -0.05) is 29.8 Å². The number of ether oxygens (including phenoxy) is 1. The summed E-state index contributed by atoms with van der Waals surface area (Å²) in [6, 6.07) is 13.5. The summed E-state index contributed by atoms with van der Waals surface area (Å²) in [5, 5.41) is 12.7. The predicted molar refractivity (Wildman–Crippen MR) is 122 cm³/mol. The number of benzene rings is 2. The van der Waals surface area contributed by atoms with Crippen molar-refractivity contribution < 1.29 is 27.9 Å². The molecule has 0 aromatic heterocycles. The highest BCUT2D eigenvalue weighted by molar-refractivity contribution is 7.89. The molecule has 33 heavy (non-hydrogen) atoms. The molecule has 0 aliphatic carbocycles. The molecule has 11 heteroatoms. The van der Waals surface area contributed by atoms with Crippen molar-refractivity contribution in [3.05, 3.63) is 59.7 Å². The van der Waals surface area contributed by atoms with Crippen molar-refractivity contribution in [1.82, 2.24) is 14.6 Å². The van der Waals surface area contributed by atoms with Gasteiger partial charge >= 0.3 is 5.97 Å². The SMILES string of the molecule is Cc1ccc(S(=O)(=O)N2CCN(CC(=O)N/N=C\c3ccccc3OCC(=O)O)CC2)cc1. The maximum atomic E-state index is 12.8. The molecule has 2 N–H and O–H groups in total. The normalized spacial score (nSPS) is 15.4. The highest BCUT2D eigenvalue weighted by Crippen LogP contribution is 2.18. The van der Waals surface area contributed by atoms with E-state index in [2.05, 4.69) is 10.5 Å². The van der Waals surface area contributed by atoms with Crippen molar-refractivity contribution >= 4 is 28.1 Å². The van der Waals surface area contributed by atoms with Gasteiger partial charge in [-0.25, -0.2) is 18.6 Å². The van der Waals surface area contributed by atoms with Crippen molar-refractivity contribution in [2.45, 2.75) is 11.8 Å². The van der Waals surface area contributed by atoms with Crippen LogP contribution < -0.4 is 10.2 Å². The number of aryl methyl sites for hydroxylation is 1. The fourth-order valence-corrected chi connectivity index (χ4v) is 4.68. The van der Waals surface area contributed by atoms with E-state index in [1.165, 1.54) is 10.5 Å². The third-order valence-corrected chi connectivity index (χ3v) is 6.93. The van der Waals surface area contributed by atoms with E-state index >= 15 is 0 Å². The van der Waals surface area contributed by atoms with E-state index in [0.29, 0.717) is 37.5 Å². The molecule has 0 saturated carbocycles. The van der Waals surface area contributed by atoms with E-state index in [1.54, 1.807) is 48.5 Å². The predicted octanol–water partition coefficient (Wildman–Crippen LogP) is 0.915. The first-order valence-corrected chi connectivity index (χ1v) is 11.7. The molecule has 1 fully saturated rings. The van der Waals surface area contributed by atoms with E-state index in [9.17, 15) is 18.0 Å². The van der Waals surface area contributed by atoms with Crippen molar-refractivity contribution in [2.24, 2.45) is 5.10 Å². The van der Waals surface area contributed by atoms with Gasteiger partial charge in [0.25, 0.3) is 5.91 Å². The Morgan fingerprint density at radius 3 is 2.42 bits per heavy atom. The highest BCUT2D eigenvalue weighted by Gasteiger charge is 2.28. The molecule has 2 aromatic carbocycles. The Morgan fingerprint density at radius 1 is 1.09 bits per heavy atom. The number of carbonyl (C=O) groups is 2. The Bertz CT molecular complexity index is 1110. The van der Waals surface area contributed by atoms with E-state index < -0.39 is 22.6 Å². The molecular formula is C22H26N4O6S. The van der Waals surface area contributed by atoms with Gasteiger partial charge in [0.05, 0.1) is 17.7 Å². The third-order valence-electron chi connectivity index (χ3n) is 5.02. The van der Waals surface area contributed by atoms with Crippen LogP contribution in [0.5, 0.6) is 5.75 Å². The molecule has 0 bridgehead atoms. The first-order chi connectivity index (χ1) is 15.8. The lowest BCUT2D eigenvalue weighted by atomic mass is 10.2. The summed E-state index contributed by atoms with van der Waals surface area (Å²) < 4.78 is 32.2. The number of hydrogen-bond donors (Lipinski definition) is 2. The van der Waals surface area contributed by atoms with Crippen LogP contribution >= 0.6 is 0 Å². The van der Waals surface area contributed by atoms with Gasteiger partial charge in [-0.3, -0.25) is 9.69 Å². The van der Waals surface area contributed by atoms with E-state index in [1.807, 2.05) is 11.8 Å². The molecule has 1 amide bonds. The first kappa shape index (κ1) is 24.4. The lowest BCUT2D eigenvalue weighted by Gasteiger charge is -2.33. The topological polar surface area (TPSA) is 129 Å². The van der Waals surface area contributed by atoms with Crippen LogP contribution in [0.4, 0.5) is 0 Å². The number of nitrogens with one attached hydrogen (secondary N) is 1. The second kappa shape index (κ2) is 11.0. The Balaban J connectivity index is 1.48. The van der Waals surface area contributed by atoms with Crippen LogP contribution in [0.15, 0.2) is 58.5 Å². The van der Waals surface area contributed by atoms with E-state index in [-0.39, 0.29) is 17.3 Å². The quantitative estimate of drug-likeness (QED) is 0.408. The Labute approximate surface area is 192 Å². The Morgan fingerprint density at radius 2 is 1.76 bits per heavy atom. The van der Waals surface area contributed by atoms with Gasteiger partial charge in [-0.15, -0.1) is 0 Å². The maximum Gasteiger partial charge on any atom is 0.341 e. The molecule has 10 nitrogen and oxygen atoms in total. The number of carboxylic acids is 1. The van der Waals surface area contributed by atoms with Crippen LogP contribution in [0, 0.1) is 6.92 Å². The molecule has 0 unspecified atom stereocenters. The van der Waals surface area contributed by atoms with Crippen LogP contribution in [0.3, 0.4) is 0 Å². The van der Waals surface area contributed by atoms with Crippen molar-refractivity contribution in [2.75, 3.05) is 39.3 Å². The molecular weight excluding hydrogens is 448 g/mol. The van der Waals surface area contributed by atoms with Crippen LogP contribution in [0.1, 0.15) is 11.1 Å². The number of piperazine rings is 1. The molecule has 2 aromatic rings. The molecule has 3 rings (SSSR count). The Hall–Kier alpha value is -3.28. The summed E-state index contributed by atoms with van der Waals surface area (Å²) in [4.78, 5) is 25.0. The maximum absolute atomic E-state index is 12.8. The minimum atomic E-state index is -3.56. The summed E-state index contributed by atoms with van der Waals surface area (Å²) >= 11 is 0. The van der Waals surface area contributed by atoms with Crippen LogP contribution in [0.2, 0.25) is 0 Å². The number of aliphatic carboxylic acids is 1. The monoisotopic (exact) mass is 474 g/mol. The lowest BCUT2D eigenvalue weighted by Crippen LogP contribution is -2.50. The van der Waals surface area contributed by atoms with Gasteiger partial charge in [0.2, 0.25) is 10.0 Å². The average Bonchev–Trinajstić information content (AvgIpc) is 2.79. The largest absolute Gasteiger partial charge is 0.481 e. The van der Waals surface area contributed by atoms with E-state index in [4.69, 9.17) is 9.84 Å². The molecule has 1 heterocycles. The highest BCUT2D eigenvalue weighted by atomic mass is 32.2. The Kier molecular flexibility index (Phi) is 8.15. The summed E-state index contributed by atoms with van der Waals surface area (Å²) in [7, 11) is -3.56. The molecule has 1 aliphatic heterocycles. The summed E-state index contributed by atoms with van der Waals surface area (Å²) in [5.74, 6) is -1.10. The van der Waals surface area contributed by atoms with Crippen molar-refractivity contribution in [3.63, 3.8) is 0 Å². The van der Waals surface area contributed by atoms with Crippen LogP contribution in [0.25, 0.3) is 0 Å². The number of amides is 1. The fraction of sp³-hybridized carbons (Fsp3) is 0.318. The fourth-order valence-electron chi connectivity index (χ4n) is 3.26. The number of rotatable bonds is 9. The van der Waals surface area contributed by atoms with Gasteiger partial charge in [-0.2, -0.15) is 9.41 Å². The smallest absolute Gasteiger partial charge is 0.341 e. The van der Waals surface area contributed by atoms with Crippen LogP contribution in [-0.2, 0) is 19.6 Å². The van der Waals surface area contributed by atoms with Crippen molar-refractivity contribution in [1.29, 1.82) is 0 Å². The minimum Gasteiger partial charge on any atom is -0.481 e. The number of para-hydroxylation sites is 1. The lowest BCUT2D eigenvalue weighted by molar-refractivity contribution is -0.139. The van der Waals surface area contributed by atoms with Gasteiger partial charge in [0.1, 0.15) is 5.75 Å². The average molecular weight is 475 g/mol. The zero-order valence-corrected chi connectivity index (χ0v) is 19.0. The van der Waals surface area contributed by atoms with Gasteiger partial charge in [-0.05, 0) is 31.2 Å². The molecule has 0 atom stereocenters. The van der Waals surface area contributed by atoms with Crippen molar-refractivity contribution in [3.8, 4) is 5.75 Å². The zero-order valence-electron chi connectivity index (χ0n) is 18.2. The minimum absolute atomic E-state index is 0.0763. The number of sulfonamides is 1. The molecule has 0 radical (unpaired) electrons. The number of nitrogens with zero attached hydrogens (tertiary/aromatic N) is 3. The van der Waals surface area contributed by atoms with Crippen LogP contribution in [-0.4, -0.2) is 80.2 Å². The molecule has 1 aliphatic rings. The zero-order chi connectivity index (χ0) is 23.8. The van der Waals surface area contributed by atoms with Gasteiger partial charge in [0.15, 0.2) is 6.61 Å². The van der Waals surface area contributed by atoms with E-state index in [0.717, 1.165) is 5.56 Å². The molecule has 1 saturated heterocycles. The number of hydrogen-bond acceptors (Lipinski definition) is 7.